The summed E-state index contributed by atoms with van der Waals surface area (Å²) in [5.41, 5.74) is 2.83. The highest BCUT2D eigenvalue weighted by Crippen LogP contribution is 2.28. The van der Waals surface area contributed by atoms with Crippen LogP contribution in [0.1, 0.15) is 57.6 Å². The Hall–Kier alpha value is -0.860. The van der Waals surface area contributed by atoms with Crippen molar-refractivity contribution in [2.45, 2.75) is 64.7 Å². The van der Waals surface area contributed by atoms with Gasteiger partial charge >= 0.3 is 0 Å². The van der Waals surface area contributed by atoms with Crippen LogP contribution in [-0.2, 0) is 11.3 Å². The predicted octanol–water partition coefficient (Wildman–Crippen LogP) is 3.86. The molecule has 1 aromatic carbocycles. The van der Waals surface area contributed by atoms with Crippen molar-refractivity contribution in [2.75, 3.05) is 6.54 Å². The molecule has 0 amide bonds. The molecule has 0 spiro atoms. The first kappa shape index (κ1) is 14.5. The van der Waals surface area contributed by atoms with Gasteiger partial charge in [0.1, 0.15) is 0 Å². The van der Waals surface area contributed by atoms with E-state index in [0.29, 0.717) is 12.0 Å². The van der Waals surface area contributed by atoms with Gasteiger partial charge in [-0.15, -0.1) is 0 Å². The summed E-state index contributed by atoms with van der Waals surface area (Å²) in [6.07, 6.45) is 2.72. The van der Waals surface area contributed by atoms with Crippen molar-refractivity contribution in [1.82, 2.24) is 5.32 Å². The van der Waals surface area contributed by atoms with Gasteiger partial charge in [-0.05, 0) is 43.7 Å². The van der Waals surface area contributed by atoms with Crippen LogP contribution in [0.25, 0.3) is 0 Å². The zero-order chi connectivity index (χ0) is 13.9. The molecule has 1 heterocycles. The summed E-state index contributed by atoms with van der Waals surface area (Å²) in [7, 11) is 0. The molecule has 0 bridgehead atoms. The molecule has 2 heteroatoms. The number of rotatable bonds is 5. The topological polar surface area (TPSA) is 21.3 Å². The van der Waals surface area contributed by atoms with Crippen LogP contribution in [0.3, 0.4) is 0 Å². The van der Waals surface area contributed by atoms with E-state index < -0.39 is 0 Å². The van der Waals surface area contributed by atoms with Crippen molar-refractivity contribution in [3.63, 3.8) is 0 Å². The minimum Gasteiger partial charge on any atom is -0.371 e. The van der Waals surface area contributed by atoms with E-state index in [-0.39, 0.29) is 5.60 Å². The zero-order valence-corrected chi connectivity index (χ0v) is 12.7. The molecule has 1 aliphatic heterocycles. The maximum Gasteiger partial charge on any atom is 0.0707 e. The summed E-state index contributed by atoms with van der Waals surface area (Å²) in [5, 5.41) is 3.51. The van der Waals surface area contributed by atoms with E-state index in [1.165, 1.54) is 24.0 Å². The molecule has 0 radical (unpaired) electrons. The van der Waals surface area contributed by atoms with E-state index in [0.717, 1.165) is 13.1 Å². The van der Waals surface area contributed by atoms with Crippen LogP contribution in [0.2, 0.25) is 0 Å². The standard InChI is InChI=1S/C17H27NO/c1-13(2)15-7-5-14(6-8-15)11-18-12-16-9-10-17(3,4)19-16/h5-8,13,16,18H,9-12H2,1-4H3. The molecule has 2 nitrogen and oxygen atoms in total. The van der Waals surface area contributed by atoms with Crippen molar-refractivity contribution < 1.29 is 4.74 Å². The fourth-order valence-corrected chi connectivity index (χ4v) is 2.62. The quantitative estimate of drug-likeness (QED) is 0.869. The van der Waals surface area contributed by atoms with E-state index in [9.17, 15) is 0 Å². The lowest BCUT2D eigenvalue weighted by Crippen LogP contribution is -2.29. The largest absolute Gasteiger partial charge is 0.371 e. The van der Waals surface area contributed by atoms with Crippen LogP contribution in [0.5, 0.6) is 0 Å². The lowest BCUT2D eigenvalue weighted by molar-refractivity contribution is -0.0142. The van der Waals surface area contributed by atoms with Crippen molar-refractivity contribution >= 4 is 0 Å². The molecule has 106 valence electrons. The Morgan fingerprint density at radius 3 is 2.47 bits per heavy atom. The highest BCUT2D eigenvalue weighted by Gasteiger charge is 2.30. The van der Waals surface area contributed by atoms with Gasteiger partial charge in [0.2, 0.25) is 0 Å². The second-order valence-corrected chi connectivity index (χ2v) is 6.57. The third-order valence-electron chi connectivity index (χ3n) is 3.90. The summed E-state index contributed by atoms with van der Waals surface area (Å²) < 4.78 is 5.97. The van der Waals surface area contributed by atoms with Crippen molar-refractivity contribution in [2.24, 2.45) is 0 Å². The predicted molar refractivity (Wildman–Crippen MR) is 80.4 cm³/mol. The van der Waals surface area contributed by atoms with E-state index in [1.807, 2.05) is 0 Å². The highest BCUT2D eigenvalue weighted by atomic mass is 16.5. The first-order chi connectivity index (χ1) is 8.96. The summed E-state index contributed by atoms with van der Waals surface area (Å²) in [6, 6.07) is 8.91. The van der Waals surface area contributed by atoms with Crippen LogP contribution >= 0.6 is 0 Å². The molecule has 1 saturated heterocycles. The maximum absolute atomic E-state index is 5.97. The SMILES string of the molecule is CC(C)c1ccc(CNCC2CCC(C)(C)O2)cc1. The van der Waals surface area contributed by atoms with E-state index in [4.69, 9.17) is 4.74 Å². The van der Waals surface area contributed by atoms with Gasteiger partial charge in [-0.2, -0.15) is 0 Å². The summed E-state index contributed by atoms with van der Waals surface area (Å²) >= 11 is 0. The molecule has 2 rings (SSSR count). The van der Waals surface area contributed by atoms with Crippen LogP contribution in [0.15, 0.2) is 24.3 Å². The summed E-state index contributed by atoms with van der Waals surface area (Å²) in [6.45, 7) is 10.7. The molecule has 0 saturated carbocycles. The van der Waals surface area contributed by atoms with Crippen molar-refractivity contribution in [3.05, 3.63) is 35.4 Å². The Labute approximate surface area is 117 Å². The van der Waals surface area contributed by atoms with Gasteiger partial charge in [0.25, 0.3) is 0 Å². The Morgan fingerprint density at radius 2 is 1.95 bits per heavy atom. The molecule has 1 atom stereocenters. The maximum atomic E-state index is 5.97. The van der Waals surface area contributed by atoms with Gasteiger partial charge < -0.3 is 10.1 Å². The van der Waals surface area contributed by atoms with Gasteiger partial charge in [-0.25, -0.2) is 0 Å². The average molecular weight is 261 g/mol. The van der Waals surface area contributed by atoms with E-state index in [2.05, 4.69) is 57.3 Å². The molecule has 0 aliphatic carbocycles. The number of benzene rings is 1. The molecule has 1 unspecified atom stereocenters. The van der Waals surface area contributed by atoms with Crippen LogP contribution < -0.4 is 5.32 Å². The Morgan fingerprint density at radius 1 is 1.26 bits per heavy atom. The monoisotopic (exact) mass is 261 g/mol. The van der Waals surface area contributed by atoms with Gasteiger partial charge in [0, 0.05) is 13.1 Å². The third kappa shape index (κ3) is 4.32. The van der Waals surface area contributed by atoms with Gasteiger partial charge in [-0.1, -0.05) is 38.1 Å². The lowest BCUT2D eigenvalue weighted by Gasteiger charge is -2.19. The highest BCUT2D eigenvalue weighted by molar-refractivity contribution is 5.24. The average Bonchev–Trinajstić information content (AvgIpc) is 2.69. The van der Waals surface area contributed by atoms with Crippen molar-refractivity contribution in [3.8, 4) is 0 Å². The Bertz CT molecular complexity index is 394. The minimum absolute atomic E-state index is 0.0747. The molecule has 0 aromatic heterocycles. The lowest BCUT2D eigenvalue weighted by atomic mass is 10.0. The second-order valence-electron chi connectivity index (χ2n) is 6.57. The number of hydrogen-bond acceptors (Lipinski definition) is 2. The molecule has 1 aromatic rings. The van der Waals surface area contributed by atoms with Crippen LogP contribution in [0, 0.1) is 0 Å². The van der Waals surface area contributed by atoms with Gasteiger partial charge in [-0.3, -0.25) is 0 Å². The van der Waals surface area contributed by atoms with Crippen LogP contribution in [-0.4, -0.2) is 18.2 Å². The summed E-state index contributed by atoms with van der Waals surface area (Å²) in [5.74, 6) is 0.608. The first-order valence-electron chi connectivity index (χ1n) is 7.44. The fourth-order valence-electron chi connectivity index (χ4n) is 2.62. The smallest absolute Gasteiger partial charge is 0.0707 e. The van der Waals surface area contributed by atoms with Gasteiger partial charge in [0.05, 0.1) is 11.7 Å². The molecule has 1 fully saturated rings. The number of nitrogens with one attached hydrogen (secondary N) is 1. The molecule has 1 N–H and O–H groups in total. The Kier molecular flexibility index (Phi) is 4.64. The Balaban J connectivity index is 1.74. The second kappa shape index (κ2) is 6.06. The zero-order valence-electron chi connectivity index (χ0n) is 12.7. The van der Waals surface area contributed by atoms with E-state index >= 15 is 0 Å². The number of hydrogen-bond donors (Lipinski definition) is 1. The first-order valence-corrected chi connectivity index (χ1v) is 7.44. The van der Waals surface area contributed by atoms with Gasteiger partial charge in [0.15, 0.2) is 0 Å². The van der Waals surface area contributed by atoms with Crippen LogP contribution in [0.4, 0.5) is 0 Å². The molecule has 19 heavy (non-hydrogen) atoms. The molecular formula is C17H27NO. The number of ether oxygens (including phenoxy) is 1. The third-order valence-corrected chi connectivity index (χ3v) is 3.90. The fraction of sp³-hybridized carbons (Fsp3) is 0.647. The minimum atomic E-state index is 0.0747. The normalized spacial score (nSPS) is 22.1. The molecular weight excluding hydrogens is 234 g/mol. The van der Waals surface area contributed by atoms with E-state index in [1.54, 1.807) is 0 Å². The summed E-state index contributed by atoms with van der Waals surface area (Å²) in [4.78, 5) is 0. The molecule has 1 aliphatic rings. The van der Waals surface area contributed by atoms with Crippen molar-refractivity contribution in [1.29, 1.82) is 0 Å².